The summed E-state index contributed by atoms with van der Waals surface area (Å²) in [5, 5.41) is 0.228. The molecule has 1 aliphatic rings. The Morgan fingerprint density at radius 3 is 2.22 bits per heavy atom. The third-order valence-electron chi connectivity index (χ3n) is 2.60. The molecule has 0 saturated carbocycles. The topological polar surface area (TPSA) is 54.5 Å². The molecule has 2 rings (SSSR count). The van der Waals surface area contributed by atoms with Crippen LogP contribution in [0.2, 0.25) is 0 Å². The van der Waals surface area contributed by atoms with Gasteiger partial charge in [-0.2, -0.15) is 0 Å². The first-order valence-electron chi connectivity index (χ1n) is 5.35. The average Bonchev–Trinajstić information content (AvgIpc) is 2.64. The lowest BCUT2D eigenvalue weighted by Crippen LogP contribution is -2.29. The molecule has 1 heterocycles. The second kappa shape index (κ2) is 5.27. The number of hydrogen-bond acceptors (Lipinski definition) is 3. The zero-order valence-corrected chi connectivity index (χ0v) is 11.0. The molecule has 18 heavy (non-hydrogen) atoms. The van der Waals surface area contributed by atoms with E-state index in [0.29, 0.717) is 11.1 Å². The van der Waals surface area contributed by atoms with Crippen molar-refractivity contribution in [3.63, 3.8) is 0 Å². The van der Waals surface area contributed by atoms with Gasteiger partial charge in [-0.05, 0) is 18.2 Å². The molecule has 0 radical (unpaired) electrons. The van der Waals surface area contributed by atoms with Gasteiger partial charge in [0.15, 0.2) is 5.78 Å². The Labute approximate surface area is 112 Å². The molecule has 0 spiro atoms. The zero-order chi connectivity index (χ0) is 13.1. The summed E-state index contributed by atoms with van der Waals surface area (Å²) in [7, 11) is 0. The van der Waals surface area contributed by atoms with Gasteiger partial charge in [-0.25, -0.2) is 0 Å². The smallest absolute Gasteiger partial charge is 0.261 e. The number of hydrogen-bond donors (Lipinski definition) is 0. The van der Waals surface area contributed by atoms with Crippen molar-refractivity contribution in [1.82, 2.24) is 4.90 Å². The van der Waals surface area contributed by atoms with Crippen LogP contribution >= 0.6 is 15.9 Å². The number of fused-ring (bicyclic) bond motifs is 1. The van der Waals surface area contributed by atoms with Crippen molar-refractivity contribution in [3.05, 3.63) is 47.5 Å². The lowest BCUT2D eigenvalue weighted by molar-refractivity contribution is -0.112. The molecule has 2 amide bonds. The van der Waals surface area contributed by atoms with Gasteiger partial charge in [-0.3, -0.25) is 19.3 Å². The lowest BCUT2D eigenvalue weighted by Gasteiger charge is -2.09. The summed E-state index contributed by atoms with van der Waals surface area (Å²) in [5.41, 5.74) is 0.838. The van der Waals surface area contributed by atoms with Gasteiger partial charge >= 0.3 is 0 Å². The van der Waals surface area contributed by atoms with Gasteiger partial charge in [-0.1, -0.05) is 34.1 Å². The number of nitrogens with zero attached hydrogens (tertiary/aromatic N) is 1. The molecule has 0 unspecified atom stereocenters. The maximum absolute atomic E-state index is 11.9. The van der Waals surface area contributed by atoms with Crippen molar-refractivity contribution < 1.29 is 14.4 Å². The molecular weight excluding hydrogens is 298 g/mol. The number of imide groups is 1. The summed E-state index contributed by atoms with van der Waals surface area (Å²) in [6, 6.07) is 6.70. The quantitative estimate of drug-likeness (QED) is 0.484. The van der Waals surface area contributed by atoms with Gasteiger partial charge in [0.05, 0.1) is 16.5 Å². The minimum absolute atomic E-state index is 0.105. The first kappa shape index (κ1) is 12.7. The molecule has 4 nitrogen and oxygen atoms in total. The van der Waals surface area contributed by atoms with E-state index in [-0.39, 0.29) is 29.5 Å². The van der Waals surface area contributed by atoms with Crippen molar-refractivity contribution >= 4 is 33.5 Å². The van der Waals surface area contributed by atoms with Gasteiger partial charge in [-0.15, -0.1) is 0 Å². The Hall–Kier alpha value is -1.75. The number of ketones is 1. The Balaban J connectivity index is 2.14. The van der Waals surface area contributed by atoms with Crippen LogP contribution < -0.4 is 0 Å². The highest BCUT2D eigenvalue weighted by Crippen LogP contribution is 2.21. The molecule has 92 valence electrons. The first-order chi connectivity index (χ1) is 8.65. The predicted octanol–water partition coefficient (Wildman–Crippen LogP) is 1.80. The van der Waals surface area contributed by atoms with Gasteiger partial charge < -0.3 is 0 Å². The number of alkyl halides is 1. The Morgan fingerprint density at radius 2 is 1.72 bits per heavy atom. The van der Waals surface area contributed by atoms with Crippen molar-refractivity contribution in [2.75, 3.05) is 11.9 Å². The van der Waals surface area contributed by atoms with E-state index >= 15 is 0 Å². The van der Waals surface area contributed by atoms with Crippen molar-refractivity contribution in [1.29, 1.82) is 0 Å². The van der Waals surface area contributed by atoms with E-state index in [4.69, 9.17) is 0 Å². The van der Waals surface area contributed by atoms with Gasteiger partial charge in [0.1, 0.15) is 0 Å². The number of amides is 2. The maximum atomic E-state index is 11.9. The number of carbonyl (C=O) groups excluding carboxylic acids is 3. The minimum Gasteiger partial charge on any atom is -0.294 e. The standard InChI is InChI=1S/C13H10BrNO3/c14-8-9(16)4-3-7-15-12(17)10-5-1-2-6-11(10)13(15)18/h1-6H,7-8H2/b4-3+. The second-order valence-corrected chi connectivity index (χ2v) is 4.33. The fourth-order valence-electron chi connectivity index (χ4n) is 1.74. The summed E-state index contributed by atoms with van der Waals surface area (Å²) in [4.78, 5) is 36.0. The first-order valence-corrected chi connectivity index (χ1v) is 6.48. The lowest BCUT2D eigenvalue weighted by atomic mass is 10.1. The van der Waals surface area contributed by atoms with Crippen LogP contribution in [0.25, 0.3) is 0 Å². The number of halogens is 1. The van der Waals surface area contributed by atoms with Crippen molar-refractivity contribution in [3.8, 4) is 0 Å². The van der Waals surface area contributed by atoms with E-state index in [1.807, 2.05) is 0 Å². The predicted molar refractivity (Wildman–Crippen MR) is 69.8 cm³/mol. The number of allylic oxidation sites excluding steroid dienone is 1. The van der Waals surface area contributed by atoms with Crippen LogP contribution in [-0.2, 0) is 4.79 Å². The van der Waals surface area contributed by atoms with Crippen LogP contribution in [0.15, 0.2) is 36.4 Å². The van der Waals surface area contributed by atoms with E-state index < -0.39 is 0 Å². The second-order valence-electron chi connectivity index (χ2n) is 3.77. The maximum Gasteiger partial charge on any atom is 0.261 e. The van der Waals surface area contributed by atoms with Crippen molar-refractivity contribution in [2.45, 2.75) is 0 Å². The van der Waals surface area contributed by atoms with E-state index in [9.17, 15) is 14.4 Å². The summed E-state index contributed by atoms with van der Waals surface area (Å²) in [5.74, 6) is -0.732. The number of benzene rings is 1. The van der Waals surface area contributed by atoms with Crippen LogP contribution in [0.1, 0.15) is 20.7 Å². The number of carbonyl (C=O) groups is 3. The largest absolute Gasteiger partial charge is 0.294 e. The minimum atomic E-state index is -0.313. The van der Waals surface area contributed by atoms with Crippen LogP contribution in [-0.4, -0.2) is 34.4 Å². The zero-order valence-electron chi connectivity index (χ0n) is 9.43. The molecule has 1 aromatic rings. The highest BCUT2D eigenvalue weighted by Gasteiger charge is 2.33. The molecule has 0 atom stereocenters. The van der Waals surface area contributed by atoms with E-state index in [2.05, 4.69) is 15.9 Å². The molecule has 0 N–H and O–H groups in total. The molecule has 0 bridgehead atoms. The molecule has 1 aliphatic heterocycles. The highest BCUT2D eigenvalue weighted by atomic mass is 79.9. The molecule has 5 heteroatoms. The SMILES string of the molecule is O=C(/C=C/CN1C(=O)c2ccccc2C1=O)CBr. The Bertz CT molecular complexity index is 516. The molecular formula is C13H10BrNO3. The van der Waals surface area contributed by atoms with E-state index in [1.54, 1.807) is 24.3 Å². The van der Waals surface area contributed by atoms with Crippen LogP contribution in [0.5, 0.6) is 0 Å². The van der Waals surface area contributed by atoms with Gasteiger partial charge in [0.25, 0.3) is 11.8 Å². The summed E-state index contributed by atoms with van der Waals surface area (Å²) < 4.78 is 0. The molecule has 0 fully saturated rings. The third kappa shape index (κ3) is 2.26. The number of rotatable bonds is 4. The fourth-order valence-corrected chi connectivity index (χ4v) is 1.93. The van der Waals surface area contributed by atoms with E-state index in [1.165, 1.54) is 12.2 Å². The molecule has 0 aliphatic carbocycles. The molecule has 0 aromatic heterocycles. The summed E-state index contributed by atoms with van der Waals surface area (Å²) >= 11 is 3.03. The monoisotopic (exact) mass is 307 g/mol. The molecule has 0 saturated heterocycles. The van der Waals surface area contributed by atoms with Gasteiger partial charge in [0, 0.05) is 6.54 Å². The third-order valence-corrected chi connectivity index (χ3v) is 3.15. The van der Waals surface area contributed by atoms with Crippen LogP contribution in [0, 0.1) is 0 Å². The van der Waals surface area contributed by atoms with Crippen LogP contribution in [0.4, 0.5) is 0 Å². The summed E-state index contributed by atoms with van der Waals surface area (Å²) in [6.07, 6.45) is 2.88. The van der Waals surface area contributed by atoms with Crippen molar-refractivity contribution in [2.24, 2.45) is 0 Å². The van der Waals surface area contributed by atoms with Gasteiger partial charge in [0.2, 0.25) is 0 Å². The molecule has 1 aromatic carbocycles. The summed E-state index contributed by atoms with van der Waals surface area (Å²) in [6.45, 7) is 0.116. The normalized spacial score (nSPS) is 14.4. The van der Waals surface area contributed by atoms with E-state index in [0.717, 1.165) is 4.90 Å². The Morgan fingerprint density at radius 1 is 1.17 bits per heavy atom. The highest BCUT2D eigenvalue weighted by molar-refractivity contribution is 9.09. The fraction of sp³-hybridized carbons (Fsp3) is 0.154. The average molecular weight is 308 g/mol. The Kier molecular flexibility index (Phi) is 3.72. The van der Waals surface area contributed by atoms with Crippen LogP contribution in [0.3, 0.4) is 0 Å².